The van der Waals surface area contributed by atoms with Crippen LogP contribution in [0.3, 0.4) is 0 Å². The van der Waals surface area contributed by atoms with Gasteiger partial charge in [-0.05, 0) is 24.3 Å². The molecule has 1 saturated carbocycles. The fourth-order valence-corrected chi connectivity index (χ4v) is 2.80. The molecular formula is C13H17N5S. The second kappa shape index (κ2) is 5.64. The molecule has 0 spiro atoms. The molecule has 0 aliphatic heterocycles. The fourth-order valence-electron chi connectivity index (χ4n) is 2.08. The van der Waals surface area contributed by atoms with E-state index in [0.717, 1.165) is 18.8 Å². The van der Waals surface area contributed by atoms with Gasteiger partial charge in [0.25, 0.3) is 0 Å². The maximum absolute atomic E-state index is 5.29. The van der Waals surface area contributed by atoms with Crippen molar-refractivity contribution < 1.29 is 0 Å². The smallest absolute Gasteiger partial charge is 0.158 e. The summed E-state index contributed by atoms with van der Waals surface area (Å²) in [5.74, 6) is 5.89. The highest BCUT2D eigenvalue weighted by atomic mass is 32.1. The Hall–Kier alpha value is -1.50. The largest absolute Gasteiger partial charge is 0.307 e. The summed E-state index contributed by atoms with van der Waals surface area (Å²) in [7, 11) is 0. The molecule has 3 N–H and O–H groups in total. The number of rotatable bonds is 6. The fraction of sp³-hybridized carbons (Fsp3) is 0.385. The first-order valence-corrected chi connectivity index (χ1v) is 7.27. The second-order valence-electron chi connectivity index (χ2n) is 4.75. The first kappa shape index (κ1) is 12.5. The molecule has 0 bridgehead atoms. The average molecular weight is 275 g/mol. The van der Waals surface area contributed by atoms with Crippen LogP contribution in [0.15, 0.2) is 29.9 Å². The van der Waals surface area contributed by atoms with Gasteiger partial charge >= 0.3 is 0 Å². The van der Waals surface area contributed by atoms with Gasteiger partial charge in [0.15, 0.2) is 5.82 Å². The van der Waals surface area contributed by atoms with Crippen molar-refractivity contribution in [3.63, 3.8) is 0 Å². The van der Waals surface area contributed by atoms with Gasteiger partial charge in [-0.3, -0.25) is 9.88 Å². The van der Waals surface area contributed by atoms with Gasteiger partial charge in [-0.2, -0.15) is 0 Å². The van der Waals surface area contributed by atoms with Crippen LogP contribution in [0.1, 0.15) is 23.4 Å². The van der Waals surface area contributed by atoms with Crippen molar-refractivity contribution >= 4 is 17.2 Å². The van der Waals surface area contributed by atoms with Crippen LogP contribution in [0.5, 0.6) is 0 Å². The Morgan fingerprint density at radius 3 is 2.79 bits per heavy atom. The van der Waals surface area contributed by atoms with Gasteiger partial charge in [0, 0.05) is 24.0 Å². The van der Waals surface area contributed by atoms with Crippen LogP contribution >= 0.6 is 11.3 Å². The molecule has 1 fully saturated rings. The zero-order valence-corrected chi connectivity index (χ0v) is 11.4. The Kier molecular flexibility index (Phi) is 3.72. The molecule has 2 aromatic heterocycles. The lowest BCUT2D eigenvalue weighted by Gasteiger charge is -2.20. The van der Waals surface area contributed by atoms with Crippen LogP contribution in [0, 0.1) is 0 Å². The van der Waals surface area contributed by atoms with E-state index in [1.807, 2.05) is 11.3 Å². The SMILES string of the molecule is NNc1cnc(CN(Cc2cccs2)C2CC2)cn1. The Labute approximate surface area is 116 Å². The number of anilines is 1. The van der Waals surface area contributed by atoms with Crippen LogP contribution < -0.4 is 11.3 Å². The highest BCUT2D eigenvalue weighted by Gasteiger charge is 2.29. The van der Waals surface area contributed by atoms with E-state index >= 15 is 0 Å². The zero-order chi connectivity index (χ0) is 13.1. The number of hydrazine groups is 1. The van der Waals surface area contributed by atoms with Crippen LogP contribution in [-0.4, -0.2) is 20.9 Å². The van der Waals surface area contributed by atoms with E-state index in [0.29, 0.717) is 11.9 Å². The number of nitrogens with one attached hydrogen (secondary N) is 1. The zero-order valence-electron chi connectivity index (χ0n) is 10.6. The van der Waals surface area contributed by atoms with Gasteiger partial charge in [0.1, 0.15) is 0 Å². The average Bonchev–Trinajstić information content (AvgIpc) is 3.17. The number of thiophene rings is 1. The molecular weight excluding hydrogens is 258 g/mol. The van der Waals surface area contributed by atoms with Crippen LogP contribution in [0.25, 0.3) is 0 Å². The van der Waals surface area contributed by atoms with Gasteiger partial charge in [-0.25, -0.2) is 10.8 Å². The number of aromatic nitrogens is 2. The maximum Gasteiger partial charge on any atom is 0.158 e. The third-order valence-electron chi connectivity index (χ3n) is 3.22. The molecule has 2 heterocycles. The lowest BCUT2D eigenvalue weighted by Crippen LogP contribution is -2.25. The molecule has 5 nitrogen and oxygen atoms in total. The monoisotopic (exact) mass is 275 g/mol. The Bertz CT molecular complexity index is 506. The van der Waals surface area contributed by atoms with Gasteiger partial charge < -0.3 is 5.43 Å². The minimum atomic E-state index is 0.597. The van der Waals surface area contributed by atoms with Crippen LogP contribution in [-0.2, 0) is 13.1 Å². The normalized spacial score (nSPS) is 14.8. The van der Waals surface area contributed by atoms with Crippen molar-refractivity contribution in [1.29, 1.82) is 0 Å². The standard InChI is InChI=1S/C13H17N5S/c14-17-13-7-15-10(6-16-13)8-18(11-3-4-11)9-12-2-1-5-19-12/h1-2,5-7,11H,3-4,8-9,14H2,(H,16,17). The van der Waals surface area contributed by atoms with E-state index in [9.17, 15) is 0 Å². The Morgan fingerprint density at radius 2 is 2.21 bits per heavy atom. The van der Waals surface area contributed by atoms with E-state index in [1.165, 1.54) is 17.7 Å². The molecule has 0 saturated heterocycles. The van der Waals surface area contributed by atoms with Crippen molar-refractivity contribution in [2.45, 2.75) is 32.0 Å². The summed E-state index contributed by atoms with van der Waals surface area (Å²) in [5, 5.41) is 2.13. The summed E-state index contributed by atoms with van der Waals surface area (Å²) in [6.07, 6.45) is 6.05. The summed E-state index contributed by atoms with van der Waals surface area (Å²) in [6, 6.07) is 5.00. The molecule has 100 valence electrons. The molecule has 0 atom stereocenters. The highest BCUT2D eigenvalue weighted by Crippen LogP contribution is 2.30. The van der Waals surface area contributed by atoms with E-state index in [2.05, 4.69) is 37.8 Å². The quantitative estimate of drug-likeness (QED) is 0.623. The van der Waals surface area contributed by atoms with Gasteiger partial charge in [0.2, 0.25) is 0 Å². The second-order valence-corrected chi connectivity index (χ2v) is 5.79. The number of nitrogens with zero attached hydrogens (tertiary/aromatic N) is 3. The van der Waals surface area contributed by atoms with Crippen molar-refractivity contribution in [2.75, 3.05) is 5.43 Å². The molecule has 19 heavy (non-hydrogen) atoms. The molecule has 2 aromatic rings. The predicted octanol–water partition coefficient (Wildman–Crippen LogP) is 1.99. The van der Waals surface area contributed by atoms with Gasteiger partial charge in [0.05, 0.1) is 18.1 Å². The van der Waals surface area contributed by atoms with Crippen molar-refractivity contribution in [3.05, 3.63) is 40.5 Å². The van der Waals surface area contributed by atoms with Gasteiger partial charge in [-0.15, -0.1) is 11.3 Å². The molecule has 0 aromatic carbocycles. The minimum absolute atomic E-state index is 0.597. The first-order valence-electron chi connectivity index (χ1n) is 6.39. The number of nitrogen functional groups attached to an aromatic ring is 1. The van der Waals surface area contributed by atoms with Crippen molar-refractivity contribution in [1.82, 2.24) is 14.9 Å². The summed E-state index contributed by atoms with van der Waals surface area (Å²) < 4.78 is 0. The molecule has 0 unspecified atom stereocenters. The van der Waals surface area contributed by atoms with Gasteiger partial charge in [-0.1, -0.05) is 6.07 Å². The molecule has 6 heteroatoms. The van der Waals surface area contributed by atoms with E-state index < -0.39 is 0 Å². The summed E-state index contributed by atoms with van der Waals surface area (Å²) in [4.78, 5) is 12.5. The van der Waals surface area contributed by atoms with Crippen molar-refractivity contribution in [3.8, 4) is 0 Å². The topological polar surface area (TPSA) is 67.1 Å². The highest BCUT2D eigenvalue weighted by molar-refractivity contribution is 7.09. The lowest BCUT2D eigenvalue weighted by atomic mass is 10.3. The summed E-state index contributed by atoms with van der Waals surface area (Å²) in [5.41, 5.74) is 3.48. The van der Waals surface area contributed by atoms with E-state index in [4.69, 9.17) is 5.84 Å². The molecule has 1 aliphatic carbocycles. The Morgan fingerprint density at radius 1 is 1.32 bits per heavy atom. The summed E-state index contributed by atoms with van der Waals surface area (Å²) >= 11 is 1.81. The number of hydrogen-bond donors (Lipinski definition) is 2. The van der Waals surface area contributed by atoms with E-state index in [-0.39, 0.29) is 0 Å². The number of hydrogen-bond acceptors (Lipinski definition) is 6. The molecule has 0 radical (unpaired) electrons. The first-order chi connectivity index (χ1) is 9.35. The third kappa shape index (κ3) is 3.28. The molecule has 0 amide bonds. The third-order valence-corrected chi connectivity index (χ3v) is 4.08. The number of nitrogens with two attached hydrogens (primary N) is 1. The lowest BCUT2D eigenvalue weighted by molar-refractivity contribution is 0.244. The van der Waals surface area contributed by atoms with Crippen LogP contribution in [0.2, 0.25) is 0 Å². The predicted molar refractivity (Wildman–Crippen MR) is 76.4 cm³/mol. The van der Waals surface area contributed by atoms with Crippen molar-refractivity contribution in [2.24, 2.45) is 5.84 Å². The van der Waals surface area contributed by atoms with E-state index in [1.54, 1.807) is 12.4 Å². The van der Waals surface area contributed by atoms with Crippen LogP contribution in [0.4, 0.5) is 5.82 Å². The minimum Gasteiger partial charge on any atom is -0.307 e. The Balaban J connectivity index is 1.66. The molecule has 1 aliphatic rings. The molecule has 3 rings (SSSR count). The maximum atomic E-state index is 5.29. The summed E-state index contributed by atoms with van der Waals surface area (Å²) in [6.45, 7) is 1.85.